The van der Waals surface area contributed by atoms with Crippen LogP contribution in [0, 0.1) is 0 Å². The van der Waals surface area contributed by atoms with Crippen molar-refractivity contribution in [3.05, 3.63) is 30.2 Å². The maximum atomic E-state index is 5.76. The maximum Gasteiger partial charge on any atom is 0.241 e. The van der Waals surface area contributed by atoms with Crippen LogP contribution in [0.15, 0.2) is 33.7 Å². The number of piperidine rings is 1. The molecule has 24 heavy (non-hydrogen) atoms. The Morgan fingerprint density at radius 3 is 2.50 bits per heavy atom. The molecule has 6 nitrogen and oxygen atoms in total. The molecule has 2 aliphatic rings. The molecule has 0 saturated carbocycles. The molecule has 0 radical (unpaired) electrons. The molecule has 1 spiro atoms. The molecule has 1 aromatic carbocycles. The van der Waals surface area contributed by atoms with Crippen LogP contribution < -0.4 is 0 Å². The number of benzene rings is 1. The topological polar surface area (TPSA) is 60.6 Å². The SMILES string of the molecule is CSc1ccc(-c2noc(CN3CCC4(CC3)OCCO4)n2)cc1. The largest absolute Gasteiger partial charge is 0.347 e. The normalized spacial score (nSPS) is 20.7. The summed E-state index contributed by atoms with van der Waals surface area (Å²) in [6.45, 7) is 3.93. The highest BCUT2D eigenvalue weighted by molar-refractivity contribution is 7.98. The lowest BCUT2D eigenvalue weighted by Gasteiger charge is -2.36. The van der Waals surface area contributed by atoms with Crippen LogP contribution in [0.25, 0.3) is 11.4 Å². The lowest BCUT2D eigenvalue weighted by Crippen LogP contribution is -2.44. The average Bonchev–Trinajstić information content (AvgIpc) is 3.27. The van der Waals surface area contributed by atoms with Crippen LogP contribution in [0.1, 0.15) is 18.7 Å². The van der Waals surface area contributed by atoms with Crippen LogP contribution in [-0.4, -0.2) is 53.4 Å². The predicted octanol–water partition coefficient (Wildman–Crippen LogP) is 2.80. The van der Waals surface area contributed by atoms with Gasteiger partial charge < -0.3 is 14.0 Å². The summed E-state index contributed by atoms with van der Waals surface area (Å²) in [5.41, 5.74) is 0.980. The van der Waals surface area contributed by atoms with Gasteiger partial charge in [-0.05, 0) is 30.5 Å². The molecular formula is C17H21N3O3S. The summed E-state index contributed by atoms with van der Waals surface area (Å²) in [7, 11) is 0. The third kappa shape index (κ3) is 3.35. The van der Waals surface area contributed by atoms with E-state index in [-0.39, 0.29) is 5.79 Å². The predicted molar refractivity (Wildman–Crippen MR) is 90.7 cm³/mol. The summed E-state index contributed by atoms with van der Waals surface area (Å²) in [5, 5.41) is 4.11. The molecule has 2 saturated heterocycles. The van der Waals surface area contributed by atoms with E-state index in [1.807, 2.05) is 12.1 Å². The smallest absolute Gasteiger partial charge is 0.241 e. The Bertz CT molecular complexity index is 673. The minimum Gasteiger partial charge on any atom is -0.347 e. The Kier molecular flexibility index (Phi) is 4.58. The fraction of sp³-hybridized carbons (Fsp3) is 0.529. The van der Waals surface area contributed by atoms with Crippen molar-refractivity contribution < 1.29 is 14.0 Å². The minimum absolute atomic E-state index is 0.338. The molecule has 0 amide bonds. The molecule has 0 atom stereocenters. The Labute approximate surface area is 145 Å². The van der Waals surface area contributed by atoms with Crippen molar-refractivity contribution in [1.29, 1.82) is 0 Å². The van der Waals surface area contributed by atoms with Gasteiger partial charge in [-0.2, -0.15) is 4.98 Å². The summed E-state index contributed by atoms with van der Waals surface area (Å²) in [5.74, 6) is 0.965. The first-order valence-corrected chi connectivity index (χ1v) is 9.46. The molecule has 0 unspecified atom stereocenters. The Balaban J connectivity index is 1.37. The van der Waals surface area contributed by atoms with Gasteiger partial charge >= 0.3 is 0 Å². The number of thioether (sulfide) groups is 1. The highest BCUT2D eigenvalue weighted by Crippen LogP contribution is 2.31. The molecule has 2 aromatic rings. The van der Waals surface area contributed by atoms with Crippen molar-refractivity contribution in [2.45, 2.75) is 30.1 Å². The zero-order valence-electron chi connectivity index (χ0n) is 13.7. The number of aromatic nitrogens is 2. The molecule has 0 bridgehead atoms. The van der Waals surface area contributed by atoms with Gasteiger partial charge in [-0.25, -0.2) is 0 Å². The molecular weight excluding hydrogens is 326 g/mol. The molecule has 0 aliphatic carbocycles. The number of nitrogens with zero attached hydrogens (tertiary/aromatic N) is 3. The van der Waals surface area contributed by atoms with Gasteiger partial charge in [-0.1, -0.05) is 5.16 Å². The monoisotopic (exact) mass is 347 g/mol. The fourth-order valence-corrected chi connectivity index (χ4v) is 3.61. The summed E-state index contributed by atoms with van der Waals surface area (Å²) >= 11 is 1.72. The van der Waals surface area contributed by atoms with E-state index >= 15 is 0 Å². The van der Waals surface area contributed by atoms with Crippen LogP contribution in [0.4, 0.5) is 0 Å². The number of hydrogen-bond acceptors (Lipinski definition) is 7. The van der Waals surface area contributed by atoms with Crippen LogP contribution in [0.3, 0.4) is 0 Å². The molecule has 2 fully saturated rings. The molecule has 4 rings (SSSR count). The van der Waals surface area contributed by atoms with E-state index in [0.29, 0.717) is 31.5 Å². The molecule has 1 aromatic heterocycles. The number of rotatable bonds is 4. The first kappa shape index (κ1) is 16.1. The number of hydrogen-bond donors (Lipinski definition) is 0. The van der Waals surface area contributed by atoms with E-state index in [2.05, 4.69) is 33.4 Å². The van der Waals surface area contributed by atoms with E-state index in [9.17, 15) is 0 Å². The zero-order valence-corrected chi connectivity index (χ0v) is 14.6. The fourth-order valence-electron chi connectivity index (χ4n) is 3.21. The maximum absolute atomic E-state index is 5.76. The summed E-state index contributed by atoms with van der Waals surface area (Å²) in [4.78, 5) is 8.06. The molecule has 0 N–H and O–H groups in total. The van der Waals surface area contributed by atoms with Gasteiger partial charge in [-0.15, -0.1) is 11.8 Å². The van der Waals surface area contributed by atoms with Crippen molar-refractivity contribution in [3.63, 3.8) is 0 Å². The molecule has 3 heterocycles. The third-order valence-electron chi connectivity index (χ3n) is 4.61. The average molecular weight is 347 g/mol. The van der Waals surface area contributed by atoms with Crippen LogP contribution in [0.2, 0.25) is 0 Å². The van der Waals surface area contributed by atoms with Crippen LogP contribution in [0.5, 0.6) is 0 Å². The number of ether oxygens (including phenoxy) is 2. The first-order valence-electron chi connectivity index (χ1n) is 8.24. The summed E-state index contributed by atoms with van der Waals surface area (Å²) in [6, 6.07) is 8.20. The summed E-state index contributed by atoms with van der Waals surface area (Å²) < 4.78 is 16.9. The van der Waals surface area contributed by atoms with E-state index < -0.39 is 0 Å². The highest BCUT2D eigenvalue weighted by atomic mass is 32.2. The van der Waals surface area contributed by atoms with Gasteiger partial charge in [0, 0.05) is 36.4 Å². The van der Waals surface area contributed by atoms with Gasteiger partial charge in [0.05, 0.1) is 19.8 Å². The van der Waals surface area contributed by atoms with Crippen molar-refractivity contribution in [2.75, 3.05) is 32.6 Å². The Morgan fingerprint density at radius 2 is 1.83 bits per heavy atom. The lowest BCUT2D eigenvalue weighted by atomic mass is 10.0. The van der Waals surface area contributed by atoms with Gasteiger partial charge in [0.2, 0.25) is 11.7 Å². The minimum atomic E-state index is -0.338. The van der Waals surface area contributed by atoms with Crippen LogP contribution >= 0.6 is 11.8 Å². The number of likely N-dealkylation sites (tertiary alicyclic amines) is 1. The van der Waals surface area contributed by atoms with Crippen molar-refractivity contribution >= 4 is 11.8 Å². The van der Waals surface area contributed by atoms with E-state index in [0.717, 1.165) is 31.5 Å². The second-order valence-electron chi connectivity index (χ2n) is 6.12. The molecule has 128 valence electrons. The van der Waals surface area contributed by atoms with Crippen molar-refractivity contribution in [2.24, 2.45) is 0 Å². The zero-order chi connectivity index (χ0) is 16.4. The summed E-state index contributed by atoms with van der Waals surface area (Å²) in [6.07, 6.45) is 3.85. The van der Waals surface area contributed by atoms with Gasteiger partial charge in [-0.3, -0.25) is 4.90 Å². The highest BCUT2D eigenvalue weighted by Gasteiger charge is 2.39. The molecule has 2 aliphatic heterocycles. The first-order chi connectivity index (χ1) is 11.8. The van der Waals surface area contributed by atoms with Crippen LogP contribution in [-0.2, 0) is 16.0 Å². The third-order valence-corrected chi connectivity index (χ3v) is 5.35. The van der Waals surface area contributed by atoms with Crippen molar-refractivity contribution in [1.82, 2.24) is 15.0 Å². The van der Waals surface area contributed by atoms with E-state index in [1.54, 1.807) is 11.8 Å². The Hall–Kier alpha value is -1.41. The van der Waals surface area contributed by atoms with Crippen molar-refractivity contribution in [3.8, 4) is 11.4 Å². The van der Waals surface area contributed by atoms with Gasteiger partial charge in [0.1, 0.15) is 0 Å². The lowest BCUT2D eigenvalue weighted by molar-refractivity contribution is -0.186. The Morgan fingerprint density at radius 1 is 1.12 bits per heavy atom. The van der Waals surface area contributed by atoms with Gasteiger partial charge in [0.15, 0.2) is 5.79 Å². The second-order valence-corrected chi connectivity index (χ2v) is 7.00. The van der Waals surface area contributed by atoms with E-state index in [4.69, 9.17) is 14.0 Å². The molecule has 7 heteroatoms. The van der Waals surface area contributed by atoms with E-state index in [1.165, 1.54) is 4.90 Å². The second kappa shape index (κ2) is 6.84. The van der Waals surface area contributed by atoms with Gasteiger partial charge in [0.25, 0.3) is 0 Å². The quantitative estimate of drug-likeness (QED) is 0.788. The standard InChI is InChI=1S/C17H21N3O3S/c1-24-14-4-2-13(3-5-14)16-18-15(23-19-16)12-20-8-6-17(7-9-20)21-10-11-22-17/h2-5H,6-12H2,1H3.